The zero-order valence-corrected chi connectivity index (χ0v) is 27.0. The molecule has 2 amide bonds. The number of amides is 2. The summed E-state index contributed by atoms with van der Waals surface area (Å²) in [5.74, 6) is 1.28. The Balaban J connectivity index is 1.47. The highest BCUT2D eigenvalue weighted by Gasteiger charge is 2.30. The Kier molecular flexibility index (Phi) is 11.5. The van der Waals surface area contributed by atoms with E-state index in [0.29, 0.717) is 49.2 Å². The number of piperidine rings is 1. The molecule has 1 aromatic carbocycles. The number of fused-ring (bicyclic) bond motifs is 1. The molecule has 1 saturated heterocycles. The molecule has 2 aromatic rings. The number of benzene rings is 1. The van der Waals surface area contributed by atoms with Gasteiger partial charge in [0.1, 0.15) is 23.2 Å². The van der Waals surface area contributed by atoms with Crippen LogP contribution >= 0.6 is 12.0 Å². The van der Waals surface area contributed by atoms with E-state index >= 15 is 0 Å². The fraction of sp³-hybridized carbons (Fsp3) is 0.500. The van der Waals surface area contributed by atoms with Gasteiger partial charge in [-0.2, -0.15) is 0 Å². The van der Waals surface area contributed by atoms with Crippen molar-refractivity contribution in [3.63, 3.8) is 0 Å². The number of nitrogens with two attached hydrogens (primary N) is 1. The number of aromatic nitrogens is 1. The number of amidine groups is 1. The van der Waals surface area contributed by atoms with E-state index in [1.165, 1.54) is 18.5 Å². The number of carbonyl (C=O) groups excluding carboxylic acids is 1. The highest BCUT2D eigenvalue weighted by molar-refractivity contribution is 7.93. The molecule has 2 heterocycles. The first-order valence-electron chi connectivity index (χ1n) is 15.2. The number of carbonyl (C=O) groups is 1. The van der Waals surface area contributed by atoms with E-state index in [9.17, 15) is 4.79 Å². The molecule has 2 aliphatic rings. The summed E-state index contributed by atoms with van der Waals surface area (Å²) in [5, 5.41) is 23.1. The quantitative estimate of drug-likeness (QED) is 0.120. The second kappa shape index (κ2) is 15.3. The van der Waals surface area contributed by atoms with Crippen molar-refractivity contribution in [1.29, 1.82) is 10.8 Å². The van der Waals surface area contributed by atoms with Gasteiger partial charge in [-0.15, -0.1) is 0 Å². The fourth-order valence-electron chi connectivity index (χ4n) is 5.25. The second-order valence-electron chi connectivity index (χ2n) is 12.1. The average Bonchev–Trinajstić information content (AvgIpc) is 3.01. The molecule has 44 heavy (non-hydrogen) atoms. The summed E-state index contributed by atoms with van der Waals surface area (Å²) < 4.78 is 13.4. The molecule has 11 nitrogen and oxygen atoms in total. The third-order valence-electron chi connectivity index (χ3n) is 7.80. The minimum atomic E-state index is -0.366. The standard InChI is InChI=1S/C32H46N8O3S/c1-32(2,3)27(33)20-29(36-16-19-42-44-4)38-31(41)37-25-13-14-26(24-11-7-6-10-23(24)25)43-22-12-15-28(34)40(21-22)30(35)39-17-8-5-9-18-39/h6-7,10-12,15,20-21,25-26,34-35H,5,8-9,13-14,16-19,33H2,1-4H3,(H2,36,37,38,41)/b27-20-,34-28?,35-30?/t25-,26+/m0/s1. The summed E-state index contributed by atoms with van der Waals surface area (Å²) in [6.45, 7) is 8.47. The van der Waals surface area contributed by atoms with E-state index in [-0.39, 0.29) is 29.1 Å². The summed E-state index contributed by atoms with van der Waals surface area (Å²) >= 11 is 1.27. The number of nitrogens with zero attached hydrogens (tertiary/aromatic N) is 3. The Morgan fingerprint density at radius 3 is 2.57 bits per heavy atom. The third-order valence-corrected chi connectivity index (χ3v) is 8.20. The number of ether oxygens (including phenoxy) is 1. The number of hydrogen-bond acceptors (Lipinski definition) is 8. The van der Waals surface area contributed by atoms with Gasteiger partial charge in [0.2, 0.25) is 5.96 Å². The zero-order valence-electron chi connectivity index (χ0n) is 26.2. The molecule has 1 aliphatic heterocycles. The van der Waals surface area contributed by atoms with Crippen LogP contribution in [-0.4, -0.2) is 59.8 Å². The van der Waals surface area contributed by atoms with Crippen LogP contribution in [0.3, 0.4) is 0 Å². The summed E-state index contributed by atoms with van der Waals surface area (Å²) in [7, 11) is 0. The molecule has 1 aliphatic carbocycles. The number of hydrogen-bond donors (Lipinski definition) is 5. The van der Waals surface area contributed by atoms with Gasteiger partial charge in [-0.05, 0) is 73.5 Å². The molecule has 0 spiro atoms. The number of allylic oxidation sites excluding steroid dienone is 1. The molecule has 1 fully saturated rings. The van der Waals surface area contributed by atoms with Crippen molar-refractivity contribution in [3.05, 3.63) is 71.0 Å². The Bertz CT molecular complexity index is 1430. The highest BCUT2D eigenvalue weighted by atomic mass is 32.2. The molecule has 1 aromatic heterocycles. The minimum Gasteiger partial charge on any atom is -0.484 e. The second-order valence-corrected chi connectivity index (χ2v) is 12.6. The molecule has 6 N–H and O–H groups in total. The number of nitrogens with one attached hydrogen (secondary N) is 4. The maximum Gasteiger partial charge on any atom is 0.320 e. The summed E-state index contributed by atoms with van der Waals surface area (Å²) in [5.41, 5.74) is 8.85. The van der Waals surface area contributed by atoms with Crippen LogP contribution in [0.4, 0.5) is 4.79 Å². The van der Waals surface area contributed by atoms with Crippen molar-refractivity contribution in [2.24, 2.45) is 16.1 Å². The first-order chi connectivity index (χ1) is 21.1. The molecular formula is C32H46N8O3S. The molecule has 0 bridgehead atoms. The van der Waals surface area contributed by atoms with E-state index in [0.717, 1.165) is 37.1 Å². The SMILES string of the molecule is CSOCCN=C(/C=C(\N)C(C)(C)C)NC(=O)N[C@H]1CC[C@@H](Oc2ccc(=N)n(C(=N)N3CCCCC3)c2)c2ccccc21. The van der Waals surface area contributed by atoms with Crippen LogP contribution in [0.2, 0.25) is 0 Å². The average molecular weight is 623 g/mol. The van der Waals surface area contributed by atoms with Crippen LogP contribution in [0.5, 0.6) is 5.75 Å². The van der Waals surface area contributed by atoms with Gasteiger partial charge >= 0.3 is 6.03 Å². The predicted molar refractivity (Wildman–Crippen MR) is 176 cm³/mol. The van der Waals surface area contributed by atoms with Crippen LogP contribution in [0.25, 0.3) is 0 Å². The summed E-state index contributed by atoms with van der Waals surface area (Å²) in [6, 6.07) is 10.8. The first kappa shape index (κ1) is 33.1. The first-order valence-corrected chi connectivity index (χ1v) is 16.3. The largest absolute Gasteiger partial charge is 0.484 e. The highest BCUT2D eigenvalue weighted by Crippen LogP contribution is 2.38. The van der Waals surface area contributed by atoms with Gasteiger partial charge in [-0.3, -0.25) is 25.7 Å². The molecule has 12 heteroatoms. The van der Waals surface area contributed by atoms with Crippen LogP contribution in [0.1, 0.15) is 76.1 Å². The maximum atomic E-state index is 13.2. The molecule has 2 atom stereocenters. The van der Waals surface area contributed by atoms with E-state index in [1.807, 2.05) is 56.2 Å². The molecule has 0 radical (unpaired) electrons. The van der Waals surface area contributed by atoms with Crippen molar-refractivity contribution in [2.45, 2.75) is 65.0 Å². The third kappa shape index (κ3) is 8.88. The lowest BCUT2D eigenvalue weighted by Gasteiger charge is -2.33. The molecular weight excluding hydrogens is 576 g/mol. The number of urea groups is 1. The molecule has 4 rings (SSSR count). The fourth-order valence-corrected chi connectivity index (χ4v) is 5.49. The number of rotatable bonds is 8. The topological polar surface area (TPSA) is 154 Å². The summed E-state index contributed by atoms with van der Waals surface area (Å²) in [4.78, 5) is 19.7. The Morgan fingerprint density at radius 1 is 1.14 bits per heavy atom. The van der Waals surface area contributed by atoms with Crippen LogP contribution < -0.4 is 26.6 Å². The van der Waals surface area contributed by atoms with E-state index in [4.69, 9.17) is 25.5 Å². The Morgan fingerprint density at radius 2 is 1.86 bits per heavy atom. The van der Waals surface area contributed by atoms with Crippen LogP contribution in [0.15, 0.2) is 59.4 Å². The van der Waals surface area contributed by atoms with Gasteiger partial charge in [-0.1, -0.05) is 45.0 Å². The van der Waals surface area contributed by atoms with Crippen molar-refractivity contribution in [1.82, 2.24) is 20.1 Å². The Hall–Kier alpha value is -3.77. The monoisotopic (exact) mass is 622 g/mol. The zero-order chi connectivity index (χ0) is 31.7. The van der Waals surface area contributed by atoms with Crippen molar-refractivity contribution in [2.75, 3.05) is 32.5 Å². The number of aliphatic imine (C=N–C) groups is 1. The van der Waals surface area contributed by atoms with Gasteiger partial charge in [0.15, 0.2) is 0 Å². The van der Waals surface area contributed by atoms with Gasteiger partial charge in [0, 0.05) is 30.5 Å². The minimum absolute atomic E-state index is 0.219. The molecule has 0 unspecified atom stereocenters. The number of pyridine rings is 1. The Labute approximate surface area is 264 Å². The normalized spacial score (nSPS) is 19.2. The van der Waals surface area contributed by atoms with Gasteiger partial charge < -0.3 is 24.9 Å². The van der Waals surface area contributed by atoms with E-state index < -0.39 is 0 Å². The van der Waals surface area contributed by atoms with Gasteiger partial charge in [0.05, 0.1) is 25.4 Å². The maximum absolute atomic E-state index is 13.2. The lowest BCUT2D eigenvalue weighted by atomic mass is 9.85. The predicted octanol–water partition coefficient (Wildman–Crippen LogP) is 5.07. The van der Waals surface area contributed by atoms with Gasteiger partial charge in [0.25, 0.3) is 0 Å². The van der Waals surface area contributed by atoms with Crippen molar-refractivity contribution < 1.29 is 13.7 Å². The lowest BCUT2D eigenvalue weighted by Crippen LogP contribution is -2.43. The van der Waals surface area contributed by atoms with E-state index in [2.05, 4.69) is 15.6 Å². The van der Waals surface area contributed by atoms with Crippen LogP contribution in [0, 0.1) is 16.2 Å². The van der Waals surface area contributed by atoms with E-state index in [1.54, 1.807) is 29.0 Å². The summed E-state index contributed by atoms with van der Waals surface area (Å²) in [6.07, 6.45) is 9.69. The molecule has 0 saturated carbocycles. The van der Waals surface area contributed by atoms with Crippen molar-refractivity contribution in [3.8, 4) is 5.75 Å². The smallest absolute Gasteiger partial charge is 0.320 e. The molecule has 238 valence electrons. The van der Waals surface area contributed by atoms with Crippen molar-refractivity contribution >= 4 is 29.9 Å². The lowest BCUT2D eigenvalue weighted by molar-refractivity contribution is 0.171. The van der Waals surface area contributed by atoms with Crippen LogP contribution in [-0.2, 0) is 4.18 Å². The number of likely N-dealkylation sites (tertiary alicyclic amines) is 1. The van der Waals surface area contributed by atoms with Gasteiger partial charge in [-0.25, -0.2) is 4.79 Å².